The van der Waals surface area contributed by atoms with E-state index >= 15 is 0 Å². The molecule has 0 saturated carbocycles. The molecule has 3 heterocycles. The van der Waals surface area contributed by atoms with Crippen molar-refractivity contribution in [3.8, 4) is 5.75 Å². The highest BCUT2D eigenvalue weighted by Gasteiger charge is 2.50. The Labute approximate surface area is 133 Å². The number of amides is 1. The highest BCUT2D eigenvalue weighted by Crippen LogP contribution is 2.45. The highest BCUT2D eigenvalue weighted by atomic mass is 32.1. The van der Waals surface area contributed by atoms with Gasteiger partial charge in [0.05, 0.1) is 13.2 Å². The Morgan fingerprint density at radius 1 is 1.36 bits per heavy atom. The van der Waals surface area contributed by atoms with E-state index in [1.165, 1.54) is 11.3 Å². The van der Waals surface area contributed by atoms with Crippen molar-refractivity contribution in [1.29, 1.82) is 0 Å². The van der Waals surface area contributed by atoms with Crippen molar-refractivity contribution in [3.63, 3.8) is 0 Å². The van der Waals surface area contributed by atoms with Crippen LogP contribution < -0.4 is 9.64 Å². The number of carbonyl (C=O) groups excluding carboxylic acids is 1. The Balaban J connectivity index is 1.84. The molecule has 2 fully saturated rings. The van der Waals surface area contributed by atoms with Crippen LogP contribution >= 0.6 is 11.3 Å². The largest absolute Gasteiger partial charge is 0.496 e. The molecule has 1 amide bonds. The molecule has 1 aromatic carbocycles. The minimum absolute atomic E-state index is 0.0289. The molecule has 2 saturated heterocycles. The fourth-order valence-electron chi connectivity index (χ4n) is 3.51. The number of hydrogen-bond acceptors (Lipinski definition) is 5. The maximum atomic E-state index is 12.9. The number of ether oxygens (including phenoxy) is 1. The van der Waals surface area contributed by atoms with Crippen LogP contribution in [0.25, 0.3) is 0 Å². The summed E-state index contributed by atoms with van der Waals surface area (Å²) in [7, 11) is 1.67. The topological polar surface area (TPSA) is 45.7 Å². The maximum Gasteiger partial charge on any atom is 0.247 e. The second-order valence-electron chi connectivity index (χ2n) is 5.53. The van der Waals surface area contributed by atoms with Crippen molar-refractivity contribution in [2.24, 2.45) is 0 Å². The fraction of sp³-hybridized carbons (Fsp3) is 0.375. The smallest absolute Gasteiger partial charge is 0.247 e. The summed E-state index contributed by atoms with van der Waals surface area (Å²) in [5, 5.41) is 2.67. The fourth-order valence-corrected chi connectivity index (χ4v) is 4.18. The number of aromatic nitrogens is 1. The second kappa shape index (κ2) is 5.37. The molecule has 0 N–H and O–H groups in total. The van der Waals surface area contributed by atoms with E-state index in [0.29, 0.717) is 0 Å². The third kappa shape index (κ3) is 1.94. The van der Waals surface area contributed by atoms with Crippen molar-refractivity contribution >= 4 is 22.4 Å². The van der Waals surface area contributed by atoms with Gasteiger partial charge in [-0.25, -0.2) is 4.98 Å². The summed E-state index contributed by atoms with van der Waals surface area (Å²) in [5.74, 6) is 0.970. The number of hydrogen-bond donors (Lipinski definition) is 0. The Bertz CT molecular complexity index is 688. The van der Waals surface area contributed by atoms with Gasteiger partial charge >= 0.3 is 0 Å². The van der Waals surface area contributed by atoms with Gasteiger partial charge in [0.25, 0.3) is 0 Å². The third-order valence-electron chi connectivity index (χ3n) is 4.42. The molecule has 2 unspecified atom stereocenters. The molecule has 2 aliphatic heterocycles. The van der Waals surface area contributed by atoms with Crippen LogP contribution in [0, 0.1) is 0 Å². The lowest BCUT2D eigenvalue weighted by atomic mass is 10.1. The van der Waals surface area contributed by atoms with Gasteiger partial charge in [-0.2, -0.15) is 0 Å². The van der Waals surface area contributed by atoms with Crippen molar-refractivity contribution in [2.45, 2.75) is 25.0 Å². The SMILES string of the molecule is COc1ccccc1C1N(c2nccs2)C(=O)C2CCCN21. The molecule has 114 valence electrons. The number of nitrogens with zero attached hydrogens (tertiary/aromatic N) is 3. The van der Waals surface area contributed by atoms with E-state index < -0.39 is 0 Å². The summed E-state index contributed by atoms with van der Waals surface area (Å²) in [4.78, 5) is 21.4. The van der Waals surface area contributed by atoms with Crippen molar-refractivity contribution in [2.75, 3.05) is 18.6 Å². The number of carbonyl (C=O) groups is 1. The van der Waals surface area contributed by atoms with Gasteiger partial charge in [0, 0.05) is 23.7 Å². The zero-order valence-electron chi connectivity index (χ0n) is 12.3. The lowest BCUT2D eigenvalue weighted by Crippen LogP contribution is -2.32. The van der Waals surface area contributed by atoms with Crippen molar-refractivity contribution in [3.05, 3.63) is 41.4 Å². The van der Waals surface area contributed by atoms with E-state index in [2.05, 4.69) is 9.88 Å². The Kier molecular flexibility index (Phi) is 3.35. The molecule has 0 spiro atoms. The van der Waals surface area contributed by atoms with Crippen molar-refractivity contribution < 1.29 is 9.53 Å². The maximum absolute atomic E-state index is 12.9. The summed E-state index contributed by atoms with van der Waals surface area (Å²) in [5.41, 5.74) is 1.03. The van der Waals surface area contributed by atoms with Gasteiger partial charge in [-0.05, 0) is 18.9 Å². The molecule has 0 radical (unpaired) electrons. The van der Waals surface area contributed by atoms with Gasteiger partial charge in [-0.1, -0.05) is 18.2 Å². The quantitative estimate of drug-likeness (QED) is 0.873. The van der Waals surface area contributed by atoms with Crippen LogP contribution in [0.4, 0.5) is 5.13 Å². The molecule has 1 aromatic heterocycles. The number of thiazole rings is 1. The van der Waals surface area contributed by atoms with Gasteiger partial charge in [0.1, 0.15) is 11.9 Å². The molecule has 0 aliphatic carbocycles. The molecule has 5 nitrogen and oxygen atoms in total. The van der Waals surface area contributed by atoms with Crippen LogP contribution in [0.5, 0.6) is 5.75 Å². The summed E-state index contributed by atoms with van der Waals surface area (Å²) in [6.07, 6.45) is 3.61. The number of para-hydroxylation sites is 1. The molecule has 0 bridgehead atoms. The zero-order chi connectivity index (χ0) is 15.1. The zero-order valence-corrected chi connectivity index (χ0v) is 13.1. The predicted octanol–water partition coefficient (Wildman–Crippen LogP) is 2.66. The van der Waals surface area contributed by atoms with E-state index in [9.17, 15) is 4.79 Å². The molecule has 6 heteroatoms. The number of rotatable bonds is 3. The first-order valence-electron chi connectivity index (χ1n) is 7.42. The minimum atomic E-state index is -0.123. The van der Waals surface area contributed by atoms with Gasteiger partial charge in [0.15, 0.2) is 5.13 Å². The molecular weight excluding hydrogens is 298 g/mol. The van der Waals surface area contributed by atoms with Gasteiger partial charge < -0.3 is 4.74 Å². The number of fused-ring (bicyclic) bond motifs is 1. The minimum Gasteiger partial charge on any atom is -0.496 e. The van der Waals surface area contributed by atoms with Crippen LogP contribution in [0.1, 0.15) is 24.6 Å². The van der Waals surface area contributed by atoms with Crippen LogP contribution in [-0.2, 0) is 4.79 Å². The average molecular weight is 315 g/mol. The van der Waals surface area contributed by atoms with Gasteiger partial charge in [0.2, 0.25) is 5.91 Å². The van der Waals surface area contributed by atoms with E-state index in [0.717, 1.165) is 35.8 Å². The number of benzene rings is 1. The standard InChI is InChI=1S/C16H17N3O2S/c1-21-13-7-3-2-5-11(13)14-18-9-4-6-12(18)15(20)19(14)16-17-8-10-22-16/h2-3,5,7-8,10,12,14H,4,6,9H2,1H3. The average Bonchev–Trinajstić information content (AvgIpc) is 3.25. The van der Waals surface area contributed by atoms with Crippen LogP contribution in [0.2, 0.25) is 0 Å². The Morgan fingerprint density at radius 3 is 3.00 bits per heavy atom. The van der Waals surface area contributed by atoms with Crippen LogP contribution in [0.15, 0.2) is 35.8 Å². The molecule has 2 aliphatic rings. The molecular formula is C16H17N3O2S. The first-order chi connectivity index (χ1) is 10.8. The van der Waals surface area contributed by atoms with Crippen LogP contribution in [0.3, 0.4) is 0 Å². The monoisotopic (exact) mass is 315 g/mol. The summed E-state index contributed by atoms with van der Waals surface area (Å²) < 4.78 is 5.53. The molecule has 2 atom stereocenters. The lowest BCUT2D eigenvalue weighted by Gasteiger charge is -2.29. The molecule has 4 rings (SSSR count). The number of methoxy groups -OCH3 is 1. The summed E-state index contributed by atoms with van der Waals surface area (Å²) in [6.45, 7) is 0.932. The third-order valence-corrected chi connectivity index (χ3v) is 5.19. The normalized spacial score (nSPS) is 24.8. The van der Waals surface area contributed by atoms with Crippen molar-refractivity contribution in [1.82, 2.24) is 9.88 Å². The first kappa shape index (κ1) is 13.7. The predicted molar refractivity (Wildman–Crippen MR) is 85.1 cm³/mol. The summed E-state index contributed by atoms with van der Waals surface area (Å²) in [6, 6.07) is 7.90. The Hall–Kier alpha value is -1.92. The molecule has 2 aromatic rings. The van der Waals surface area contributed by atoms with Gasteiger partial charge in [-0.15, -0.1) is 11.3 Å². The number of anilines is 1. The lowest BCUT2D eigenvalue weighted by molar-refractivity contribution is -0.119. The van der Waals surface area contributed by atoms with E-state index in [1.54, 1.807) is 13.3 Å². The second-order valence-corrected chi connectivity index (χ2v) is 6.41. The van der Waals surface area contributed by atoms with Crippen LogP contribution in [-0.4, -0.2) is 35.5 Å². The summed E-state index contributed by atoms with van der Waals surface area (Å²) >= 11 is 1.50. The van der Waals surface area contributed by atoms with E-state index in [1.807, 2.05) is 34.5 Å². The van der Waals surface area contributed by atoms with Gasteiger partial charge in [-0.3, -0.25) is 14.6 Å². The molecule has 22 heavy (non-hydrogen) atoms. The van der Waals surface area contributed by atoms with E-state index in [-0.39, 0.29) is 18.1 Å². The Morgan fingerprint density at radius 2 is 2.23 bits per heavy atom. The van der Waals surface area contributed by atoms with E-state index in [4.69, 9.17) is 4.74 Å². The highest BCUT2D eigenvalue weighted by molar-refractivity contribution is 7.13. The first-order valence-corrected chi connectivity index (χ1v) is 8.30.